The Morgan fingerprint density at radius 1 is 1.18 bits per heavy atom. The van der Waals surface area contributed by atoms with Crippen LogP contribution in [0, 0.1) is 0 Å². The van der Waals surface area contributed by atoms with Crippen LogP contribution in [0.1, 0.15) is 5.56 Å². The second-order valence-corrected chi connectivity index (χ2v) is 3.81. The standard InChI is InChI=1S/C13H12N4/c14-8-11-2-1-7-17-12(11)9-16-13(17)10-3-5-15-6-4-10/h1-7,9H,8,14H2. The second-order valence-electron chi connectivity index (χ2n) is 3.81. The minimum absolute atomic E-state index is 0.520. The van der Waals surface area contributed by atoms with Gasteiger partial charge >= 0.3 is 0 Å². The van der Waals surface area contributed by atoms with Crippen molar-refractivity contribution in [1.82, 2.24) is 14.4 Å². The zero-order valence-corrected chi connectivity index (χ0v) is 9.24. The van der Waals surface area contributed by atoms with Crippen molar-refractivity contribution in [1.29, 1.82) is 0 Å². The van der Waals surface area contributed by atoms with Crippen LogP contribution < -0.4 is 5.73 Å². The fourth-order valence-corrected chi connectivity index (χ4v) is 1.97. The van der Waals surface area contributed by atoms with Gasteiger partial charge < -0.3 is 5.73 Å². The van der Waals surface area contributed by atoms with E-state index >= 15 is 0 Å². The lowest BCUT2D eigenvalue weighted by Gasteiger charge is -2.03. The third-order valence-electron chi connectivity index (χ3n) is 2.82. The van der Waals surface area contributed by atoms with E-state index in [4.69, 9.17) is 5.73 Å². The molecule has 4 heteroatoms. The number of pyridine rings is 2. The highest BCUT2D eigenvalue weighted by molar-refractivity contribution is 5.64. The zero-order valence-electron chi connectivity index (χ0n) is 9.24. The van der Waals surface area contributed by atoms with Crippen LogP contribution >= 0.6 is 0 Å². The number of nitrogens with two attached hydrogens (primary N) is 1. The van der Waals surface area contributed by atoms with Crippen LogP contribution in [0.5, 0.6) is 0 Å². The number of fused-ring (bicyclic) bond motifs is 1. The number of nitrogens with zero attached hydrogens (tertiary/aromatic N) is 3. The third-order valence-corrected chi connectivity index (χ3v) is 2.82. The molecule has 0 aliphatic carbocycles. The fraction of sp³-hybridized carbons (Fsp3) is 0.0769. The van der Waals surface area contributed by atoms with Gasteiger partial charge in [0.15, 0.2) is 0 Å². The number of rotatable bonds is 2. The van der Waals surface area contributed by atoms with Gasteiger partial charge in [-0.2, -0.15) is 0 Å². The van der Waals surface area contributed by atoms with Crippen molar-refractivity contribution in [3.63, 3.8) is 0 Å². The van der Waals surface area contributed by atoms with Crippen LogP contribution in [-0.2, 0) is 6.54 Å². The maximum atomic E-state index is 5.71. The van der Waals surface area contributed by atoms with Crippen LogP contribution in [-0.4, -0.2) is 14.4 Å². The van der Waals surface area contributed by atoms with E-state index in [1.54, 1.807) is 12.4 Å². The van der Waals surface area contributed by atoms with E-state index in [1.807, 2.05) is 36.7 Å². The maximum Gasteiger partial charge on any atom is 0.144 e. The Morgan fingerprint density at radius 2 is 2.00 bits per heavy atom. The van der Waals surface area contributed by atoms with Crippen LogP contribution in [0.4, 0.5) is 0 Å². The van der Waals surface area contributed by atoms with E-state index in [2.05, 4.69) is 14.4 Å². The predicted octanol–water partition coefficient (Wildman–Crippen LogP) is 1.85. The second kappa shape index (κ2) is 3.99. The fourth-order valence-electron chi connectivity index (χ4n) is 1.97. The summed E-state index contributed by atoms with van der Waals surface area (Å²) < 4.78 is 2.05. The molecule has 0 aliphatic heterocycles. The van der Waals surface area contributed by atoms with E-state index in [0.717, 1.165) is 22.5 Å². The highest BCUT2D eigenvalue weighted by Crippen LogP contribution is 2.20. The molecule has 0 radical (unpaired) electrons. The summed E-state index contributed by atoms with van der Waals surface area (Å²) in [6, 6.07) is 7.91. The van der Waals surface area contributed by atoms with Gasteiger partial charge in [0.05, 0.1) is 11.7 Å². The van der Waals surface area contributed by atoms with E-state index in [-0.39, 0.29) is 0 Å². The first-order valence-electron chi connectivity index (χ1n) is 5.45. The van der Waals surface area contributed by atoms with Crippen molar-refractivity contribution in [3.8, 4) is 11.4 Å². The molecule has 0 saturated carbocycles. The Labute approximate surface area is 98.8 Å². The molecule has 0 unspecified atom stereocenters. The molecule has 0 fully saturated rings. The van der Waals surface area contributed by atoms with Crippen molar-refractivity contribution < 1.29 is 0 Å². The summed E-state index contributed by atoms with van der Waals surface area (Å²) in [5.41, 5.74) is 8.92. The normalized spacial score (nSPS) is 10.9. The van der Waals surface area contributed by atoms with Crippen molar-refractivity contribution in [2.75, 3.05) is 0 Å². The van der Waals surface area contributed by atoms with Crippen molar-refractivity contribution in [3.05, 3.63) is 54.6 Å². The Balaban J connectivity index is 2.26. The smallest absolute Gasteiger partial charge is 0.144 e. The lowest BCUT2D eigenvalue weighted by Crippen LogP contribution is -1.99. The molecular weight excluding hydrogens is 212 g/mol. The SMILES string of the molecule is NCc1cccn2c(-c3ccncc3)ncc12. The summed E-state index contributed by atoms with van der Waals surface area (Å²) in [5.74, 6) is 0.915. The molecule has 0 amide bonds. The molecule has 0 saturated heterocycles. The number of imidazole rings is 1. The highest BCUT2D eigenvalue weighted by Gasteiger charge is 2.07. The summed E-state index contributed by atoms with van der Waals surface area (Å²) >= 11 is 0. The largest absolute Gasteiger partial charge is 0.326 e. The van der Waals surface area contributed by atoms with E-state index in [9.17, 15) is 0 Å². The van der Waals surface area contributed by atoms with E-state index < -0.39 is 0 Å². The molecule has 3 aromatic heterocycles. The Kier molecular flexibility index (Phi) is 2.34. The summed E-state index contributed by atoms with van der Waals surface area (Å²) in [6.07, 6.45) is 7.39. The van der Waals surface area contributed by atoms with Gasteiger partial charge in [0, 0.05) is 30.7 Å². The van der Waals surface area contributed by atoms with Crippen molar-refractivity contribution >= 4 is 5.52 Å². The van der Waals surface area contributed by atoms with Gasteiger partial charge in [-0.05, 0) is 23.8 Å². The topological polar surface area (TPSA) is 56.2 Å². The lowest BCUT2D eigenvalue weighted by atomic mass is 10.2. The number of hydrogen-bond acceptors (Lipinski definition) is 3. The average Bonchev–Trinajstić information content (AvgIpc) is 2.83. The van der Waals surface area contributed by atoms with E-state index in [0.29, 0.717) is 6.54 Å². The van der Waals surface area contributed by atoms with Gasteiger partial charge in [0.2, 0.25) is 0 Å². The quantitative estimate of drug-likeness (QED) is 0.722. The monoisotopic (exact) mass is 224 g/mol. The van der Waals surface area contributed by atoms with Crippen LogP contribution in [0.25, 0.3) is 16.9 Å². The summed E-state index contributed by atoms with van der Waals surface area (Å²) in [6.45, 7) is 0.520. The molecule has 0 spiro atoms. The molecule has 3 aromatic rings. The van der Waals surface area contributed by atoms with Crippen LogP contribution in [0.3, 0.4) is 0 Å². The van der Waals surface area contributed by atoms with Gasteiger partial charge in [-0.25, -0.2) is 4.98 Å². The molecule has 0 atom stereocenters. The Bertz CT molecular complexity index is 643. The molecule has 17 heavy (non-hydrogen) atoms. The van der Waals surface area contributed by atoms with Crippen LogP contribution in [0.15, 0.2) is 49.1 Å². The molecule has 0 aliphatic rings. The first-order chi connectivity index (χ1) is 8.40. The third kappa shape index (κ3) is 1.59. The van der Waals surface area contributed by atoms with Gasteiger partial charge in [0.25, 0.3) is 0 Å². The molecule has 0 aromatic carbocycles. The molecule has 3 rings (SSSR count). The zero-order chi connectivity index (χ0) is 11.7. The average molecular weight is 224 g/mol. The summed E-state index contributed by atoms with van der Waals surface area (Å²) in [4.78, 5) is 8.47. The highest BCUT2D eigenvalue weighted by atomic mass is 15.0. The summed E-state index contributed by atoms with van der Waals surface area (Å²) in [7, 11) is 0. The predicted molar refractivity (Wildman–Crippen MR) is 66.3 cm³/mol. The molecule has 2 N–H and O–H groups in total. The molecule has 3 heterocycles. The first kappa shape index (κ1) is 9.99. The number of aromatic nitrogens is 3. The lowest BCUT2D eigenvalue weighted by molar-refractivity contribution is 1.05. The van der Waals surface area contributed by atoms with Crippen LogP contribution in [0.2, 0.25) is 0 Å². The Hall–Kier alpha value is -2.20. The van der Waals surface area contributed by atoms with Crippen molar-refractivity contribution in [2.45, 2.75) is 6.54 Å². The van der Waals surface area contributed by atoms with E-state index in [1.165, 1.54) is 0 Å². The van der Waals surface area contributed by atoms with Gasteiger partial charge in [0.1, 0.15) is 5.82 Å². The molecular formula is C13H12N4. The summed E-state index contributed by atoms with van der Waals surface area (Å²) in [5, 5.41) is 0. The Morgan fingerprint density at radius 3 is 2.76 bits per heavy atom. The van der Waals surface area contributed by atoms with Gasteiger partial charge in [-0.3, -0.25) is 9.38 Å². The first-order valence-corrected chi connectivity index (χ1v) is 5.45. The molecule has 4 nitrogen and oxygen atoms in total. The maximum absolute atomic E-state index is 5.71. The van der Waals surface area contributed by atoms with Gasteiger partial charge in [-0.1, -0.05) is 6.07 Å². The minimum atomic E-state index is 0.520. The van der Waals surface area contributed by atoms with Gasteiger partial charge in [-0.15, -0.1) is 0 Å². The number of hydrogen-bond donors (Lipinski definition) is 1. The molecule has 84 valence electrons. The molecule has 0 bridgehead atoms. The van der Waals surface area contributed by atoms with Crippen molar-refractivity contribution in [2.24, 2.45) is 5.73 Å². The minimum Gasteiger partial charge on any atom is -0.326 e.